The average Bonchev–Trinajstić information content (AvgIpc) is 2.29. The van der Waals surface area contributed by atoms with E-state index in [9.17, 15) is 0 Å². The van der Waals surface area contributed by atoms with Crippen molar-refractivity contribution in [2.24, 2.45) is 17.8 Å². The highest BCUT2D eigenvalue weighted by atomic mass is 16.5. The monoisotopic (exact) mass is 255 g/mol. The Hall–Kier alpha value is -0.0800. The third kappa shape index (κ3) is 4.24. The summed E-state index contributed by atoms with van der Waals surface area (Å²) in [6.07, 6.45) is 5.47. The van der Waals surface area contributed by atoms with E-state index in [1.807, 2.05) is 7.05 Å². The van der Waals surface area contributed by atoms with E-state index in [1.165, 1.54) is 19.3 Å². The van der Waals surface area contributed by atoms with Gasteiger partial charge in [0.1, 0.15) is 0 Å². The van der Waals surface area contributed by atoms with E-state index in [-0.39, 0.29) is 5.60 Å². The molecule has 1 saturated carbocycles. The molecule has 0 heterocycles. The predicted molar refractivity (Wildman–Crippen MR) is 78.8 cm³/mol. The van der Waals surface area contributed by atoms with Gasteiger partial charge in [-0.05, 0) is 51.0 Å². The Kier molecular flexibility index (Phi) is 6.13. The molecule has 18 heavy (non-hydrogen) atoms. The van der Waals surface area contributed by atoms with Crippen molar-refractivity contribution in [3.05, 3.63) is 0 Å². The van der Waals surface area contributed by atoms with E-state index in [1.54, 1.807) is 0 Å². The van der Waals surface area contributed by atoms with Gasteiger partial charge in [0.25, 0.3) is 0 Å². The predicted octanol–water partition coefficient (Wildman–Crippen LogP) is 3.85. The molecule has 1 N–H and O–H groups in total. The fourth-order valence-electron chi connectivity index (χ4n) is 3.24. The van der Waals surface area contributed by atoms with Gasteiger partial charge in [-0.2, -0.15) is 0 Å². The van der Waals surface area contributed by atoms with E-state index < -0.39 is 0 Å². The molecule has 1 rings (SSSR count). The molecule has 0 amide bonds. The number of ether oxygens (including phenoxy) is 1. The van der Waals surface area contributed by atoms with Crippen LogP contribution < -0.4 is 5.32 Å². The second kappa shape index (κ2) is 6.91. The Morgan fingerprint density at radius 2 is 2.00 bits per heavy atom. The molecule has 1 aliphatic carbocycles. The van der Waals surface area contributed by atoms with E-state index in [0.717, 1.165) is 30.7 Å². The second-order valence-corrected chi connectivity index (χ2v) is 6.82. The van der Waals surface area contributed by atoms with Crippen LogP contribution in [0.2, 0.25) is 0 Å². The third-order valence-corrected chi connectivity index (χ3v) is 4.70. The highest BCUT2D eigenvalue weighted by Crippen LogP contribution is 2.37. The first kappa shape index (κ1) is 16.0. The van der Waals surface area contributed by atoms with Crippen molar-refractivity contribution in [3.8, 4) is 0 Å². The van der Waals surface area contributed by atoms with Crippen molar-refractivity contribution >= 4 is 0 Å². The quantitative estimate of drug-likeness (QED) is 0.778. The topological polar surface area (TPSA) is 21.3 Å². The summed E-state index contributed by atoms with van der Waals surface area (Å²) in [5, 5.41) is 3.28. The van der Waals surface area contributed by atoms with Crippen LogP contribution in [-0.2, 0) is 4.74 Å². The van der Waals surface area contributed by atoms with Crippen LogP contribution in [0.25, 0.3) is 0 Å². The van der Waals surface area contributed by atoms with Crippen molar-refractivity contribution in [2.45, 2.75) is 72.0 Å². The Morgan fingerprint density at radius 3 is 2.50 bits per heavy atom. The van der Waals surface area contributed by atoms with Crippen molar-refractivity contribution in [2.75, 3.05) is 13.6 Å². The van der Waals surface area contributed by atoms with E-state index in [4.69, 9.17) is 4.74 Å². The van der Waals surface area contributed by atoms with Crippen molar-refractivity contribution in [3.63, 3.8) is 0 Å². The zero-order valence-electron chi connectivity index (χ0n) is 13.3. The molecule has 0 saturated heterocycles. The SMILES string of the molecule is CCC(C)(CNC)OC1CC(C)CCC1C(C)C. The van der Waals surface area contributed by atoms with Crippen LogP contribution in [0.5, 0.6) is 0 Å². The molecule has 0 radical (unpaired) electrons. The molecule has 0 aromatic rings. The van der Waals surface area contributed by atoms with Gasteiger partial charge in [0.05, 0.1) is 11.7 Å². The molecule has 0 aromatic heterocycles. The maximum Gasteiger partial charge on any atom is 0.0779 e. The molecule has 0 bridgehead atoms. The maximum absolute atomic E-state index is 6.55. The first-order chi connectivity index (χ1) is 8.41. The number of likely N-dealkylation sites (N-methyl/N-ethyl adjacent to an activating group) is 1. The number of hydrogen-bond acceptors (Lipinski definition) is 2. The van der Waals surface area contributed by atoms with E-state index in [2.05, 4.69) is 39.9 Å². The smallest absolute Gasteiger partial charge is 0.0779 e. The molecule has 1 fully saturated rings. The molecule has 108 valence electrons. The highest BCUT2D eigenvalue weighted by Gasteiger charge is 2.36. The molecular formula is C16H33NO. The summed E-state index contributed by atoms with van der Waals surface area (Å²) in [7, 11) is 2.01. The van der Waals surface area contributed by atoms with Gasteiger partial charge in [0.2, 0.25) is 0 Å². The van der Waals surface area contributed by atoms with Crippen molar-refractivity contribution < 1.29 is 4.74 Å². The minimum atomic E-state index is -0.0103. The first-order valence-electron chi connectivity index (χ1n) is 7.74. The van der Waals surface area contributed by atoms with Crippen LogP contribution in [0.4, 0.5) is 0 Å². The Labute approximate surface area is 114 Å². The van der Waals surface area contributed by atoms with Gasteiger partial charge in [0, 0.05) is 6.54 Å². The van der Waals surface area contributed by atoms with Crippen molar-refractivity contribution in [1.29, 1.82) is 0 Å². The lowest BCUT2D eigenvalue weighted by Gasteiger charge is -2.42. The van der Waals surface area contributed by atoms with Gasteiger partial charge in [0.15, 0.2) is 0 Å². The zero-order valence-corrected chi connectivity index (χ0v) is 13.3. The molecule has 0 aromatic carbocycles. The number of nitrogens with one attached hydrogen (secondary N) is 1. The summed E-state index contributed by atoms with van der Waals surface area (Å²) in [6.45, 7) is 12.5. The molecule has 4 atom stereocenters. The van der Waals surface area contributed by atoms with Gasteiger partial charge in [-0.25, -0.2) is 0 Å². The van der Waals surface area contributed by atoms with Crippen molar-refractivity contribution in [1.82, 2.24) is 5.32 Å². The molecule has 0 aliphatic heterocycles. The Bertz CT molecular complexity index is 241. The molecule has 2 heteroatoms. The minimum Gasteiger partial charge on any atom is -0.370 e. The lowest BCUT2D eigenvalue weighted by Crippen LogP contribution is -2.46. The van der Waals surface area contributed by atoms with Gasteiger partial charge < -0.3 is 10.1 Å². The third-order valence-electron chi connectivity index (χ3n) is 4.70. The fraction of sp³-hybridized carbons (Fsp3) is 1.00. The lowest BCUT2D eigenvalue weighted by molar-refractivity contribution is -0.130. The summed E-state index contributed by atoms with van der Waals surface area (Å²) in [5.74, 6) is 2.29. The molecule has 2 nitrogen and oxygen atoms in total. The van der Waals surface area contributed by atoms with Crippen LogP contribution in [0.15, 0.2) is 0 Å². The molecule has 0 spiro atoms. The Morgan fingerprint density at radius 1 is 1.33 bits per heavy atom. The molecule has 4 unspecified atom stereocenters. The summed E-state index contributed by atoms with van der Waals surface area (Å²) in [4.78, 5) is 0. The summed E-state index contributed by atoms with van der Waals surface area (Å²) >= 11 is 0. The van der Waals surface area contributed by atoms with Crippen LogP contribution in [0.1, 0.15) is 60.3 Å². The number of rotatable bonds is 6. The molecule has 1 aliphatic rings. The van der Waals surface area contributed by atoms with Crippen LogP contribution in [0.3, 0.4) is 0 Å². The van der Waals surface area contributed by atoms with Gasteiger partial charge >= 0.3 is 0 Å². The number of hydrogen-bond donors (Lipinski definition) is 1. The lowest BCUT2D eigenvalue weighted by atomic mass is 9.75. The van der Waals surface area contributed by atoms with Crippen LogP contribution in [-0.4, -0.2) is 25.3 Å². The minimum absolute atomic E-state index is 0.0103. The summed E-state index contributed by atoms with van der Waals surface area (Å²) in [6, 6.07) is 0. The molecular weight excluding hydrogens is 222 g/mol. The first-order valence-corrected chi connectivity index (χ1v) is 7.74. The fourth-order valence-corrected chi connectivity index (χ4v) is 3.24. The maximum atomic E-state index is 6.55. The summed E-state index contributed by atoms with van der Waals surface area (Å²) < 4.78 is 6.55. The van der Waals surface area contributed by atoms with Gasteiger partial charge in [-0.3, -0.25) is 0 Å². The van der Waals surface area contributed by atoms with Gasteiger partial charge in [-0.1, -0.05) is 34.1 Å². The van der Waals surface area contributed by atoms with E-state index in [0.29, 0.717) is 6.10 Å². The highest BCUT2D eigenvalue weighted by molar-refractivity contribution is 4.86. The van der Waals surface area contributed by atoms with Crippen LogP contribution >= 0.6 is 0 Å². The van der Waals surface area contributed by atoms with E-state index >= 15 is 0 Å². The normalized spacial score (nSPS) is 32.5. The summed E-state index contributed by atoms with van der Waals surface area (Å²) in [5.41, 5.74) is -0.0103. The largest absolute Gasteiger partial charge is 0.370 e. The Balaban J connectivity index is 2.70. The van der Waals surface area contributed by atoms with Gasteiger partial charge in [-0.15, -0.1) is 0 Å². The standard InChI is InChI=1S/C16H33NO/c1-7-16(5,11-17-6)18-15-10-13(4)8-9-14(15)12(2)3/h12-15,17H,7-11H2,1-6H3. The zero-order chi connectivity index (χ0) is 13.8. The van der Waals surface area contributed by atoms with Crippen LogP contribution in [0, 0.1) is 17.8 Å². The second-order valence-electron chi connectivity index (χ2n) is 6.82. The average molecular weight is 255 g/mol.